The van der Waals surface area contributed by atoms with Crippen LogP contribution in [-0.2, 0) is 29.6 Å². The van der Waals surface area contributed by atoms with Crippen molar-refractivity contribution in [2.24, 2.45) is 0 Å². The molecule has 1 unspecified atom stereocenters. The van der Waals surface area contributed by atoms with Gasteiger partial charge in [-0.05, 0) is 23.1 Å². The lowest BCUT2D eigenvalue weighted by atomic mass is 9.94. The van der Waals surface area contributed by atoms with Crippen molar-refractivity contribution in [3.63, 3.8) is 0 Å². The van der Waals surface area contributed by atoms with E-state index in [-0.39, 0.29) is 0 Å². The smallest absolute Gasteiger partial charge is 0.413 e. The fraction of sp³-hybridized carbons (Fsp3) is 0.312. The van der Waals surface area contributed by atoms with Crippen LogP contribution in [0.5, 0.6) is 0 Å². The summed E-state index contributed by atoms with van der Waals surface area (Å²) in [7, 11) is 0. The van der Waals surface area contributed by atoms with Crippen LogP contribution in [0.25, 0.3) is 0 Å². The molecule has 5 heteroatoms. The average molecular weight is 281 g/mol. The number of carbonyl (C=O) groups is 1. The Morgan fingerprint density at radius 2 is 2.05 bits per heavy atom. The predicted octanol–water partition coefficient (Wildman–Crippen LogP) is 2.60. The molecule has 1 spiro atoms. The van der Waals surface area contributed by atoms with Crippen LogP contribution in [0, 0.1) is 0 Å². The van der Waals surface area contributed by atoms with Gasteiger partial charge in [-0.15, -0.1) is 0 Å². The van der Waals surface area contributed by atoms with Crippen LogP contribution in [-0.4, -0.2) is 16.1 Å². The van der Waals surface area contributed by atoms with Gasteiger partial charge in [-0.2, -0.15) is 0 Å². The zero-order chi connectivity index (χ0) is 14.4. The second kappa shape index (κ2) is 4.28. The van der Waals surface area contributed by atoms with Crippen LogP contribution in [0.4, 0.5) is 10.6 Å². The topological polar surface area (TPSA) is 64.1 Å². The molecule has 0 bridgehead atoms. The molecule has 5 nitrogen and oxygen atoms in total. The van der Waals surface area contributed by atoms with Crippen LogP contribution in [0.1, 0.15) is 29.3 Å². The van der Waals surface area contributed by atoms with Crippen molar-refractivity contribution in [2.75, 3.05) is 5.32 Å². The van der Waals surface area contributed by atoms with Crippen molar-refractivity contribution in [1.29, 1.82) is 0 Å². The lowest BCUT2D eigenvalue weighted by Crippen LogP contribution is -2.41. The molecule has 0 saturated heterocycles. The van der Waals surface area contributed by atoms with E-state index in [1.54, 1.807) is 12.4 Å². The fourth-order valence-corrected chi connectivity index (χ4v) is 3.26. The molecule has 0 radical (unpaired) electrons. The first-order valence-electron chi connectivity index (χ1n) is 7.12. The largest absolute Gasteiger partial charge is 0.435 e. The Labute approximate surface area is 122 Å². The van der Waals surface area contributed by atoms with Gasteiger partial charge in [0.15, 0.2) is 11.4 Å². The summed E-state index contributed by atoms with van der Waals surface area (Å²) in [6, 6.07) is 6.48. The van der Waals surface area contributed by atoms with Gasteiger partial charge >= 0.3 is 6.09 Å². The standard InChI is InChI=1S/C16H15N3O2/c1-2-10-3-4-11-8-16(9-12(11)7-10)13-14(18-6-5-17-13)19-15(20)21-16/h3-7H,2,8-9H2,1H3,(H,18,19,20). The van der Waals surface area contributed by atoms with Crippen molar-refractivity contribution < 1.29 is 9.53 Å². The van der Waals surface area contributed by atoms with E-state index < -0.39 is 11.7 Å². The number of nitrogens with zero attached hydrogens (tertiary/aromatic N) is 2. The van der Waals surface area contributed by atoms with Gasteiger partial charge in [0.1, 0.15) is 5.69 Å². The monoisotopic (exact) mass is 281 g/mol. The highest BCUT2D eigenvalue weighted by Crippen LogP contribution is 2.44. The van der Waals surface area contributed by atoms with Crippen molar-refractivity contribution in [3.8, 4) is 0 Å². The summed E-state index contributed by atoms with van der Waals surface area (Å²) in [5.41, 5.74) is 3.77. The van der Waals surface area contributed by atoms with Gasteiger partial charge in [0.25, 0.3) is 0 Å². The molecule has 2 aliphatic rings. The zero-order valence-electron chi connectivity index (χ0n) is 11.7. The van der Waals surface area contributed by atoms with Gasteiger partial charge in [0.2, 0.25) is 0 Å². The molecular weight excluding hydrogens is 266 g/mol. The van der Waals surface area contributed by atoms with Crippen LogP contribution < -0.4 is 5.32 Å². The number of carbonyl (C=O) groups excluding carboxylic acids is 1. The Morgan fingerprint density at radius 1 is 1.24 bits per heavy atom. The first-order valence-corrected chi connectivity index (χ1v) is 7.12. The summed E-state index contributed by atoms with van der Waals surface area (Å²) in [6.45, 7) is 2.14. The van der Waals surface area contributed by atoms with Crippen LogP contribution in [0.2, 0.25) is 0 Å². The maximum absolute atomic E-state index is 11.9. The summed E-state index contributed by atoms with van der Waals surface area (Å²) in [6.07, 6.45) is 5.09. The molecular formula is C16H15N3O2. The summed E-state index contributed by atoms with van der Waals surface area (Å²) in [4.78, 5) is 20.5. The minimum Gasteiger partial charge on any atom is -0.435 e. The number of benzene rings is 1. The Bertz CT molecular complexity index is 744. The third-order valence-electron chi connectivity index (χ3n) is 4.27. The van der Waals surface area contributed by atoms with Crippen LogP contribution in [0.3, 0.4) is 0 Å². The number of anilines is 1. The van der Waals surface area contributed by atoms with Gasteiger partial charge in [0, 0.05) is 25.2 Å². The zero-order valence-corrected chi connectivity index (χ0v) is 11.7. The Balaban J connectivity index is 1.82. The number of ether oxygens (including phenoxy) is 1. The number of nitrogens with one attached hydrogen (secondary N) is 1. The number of aryl methyl sites for hydroxylation is 1. The second-order valence-electron chi connectivity index (χ2n) is 5.57. The Kier molecular flexibility index (Phi) is 2.51. The summed E-state index contributed by atoms with van der Waals surface area (Å²) >= 11 is 0. The highest BCUT2D eigenvalue weighted by Gasteiger charge is 2.48. The Morgan fingerprint density at radius 3 is 2.90 bits per heavy atom. The maximum atomic E-state index is 11.9. The molecule has 2 aromatic rings. The maximum Gasteiger partial charge on any atom is 0.413 e. The van der Waals surface area contributed by atoms with Gasteiger partial charge in [-0.25, -0.2) is 9.78 Å². The van der Waals surface area contributed by atoms with E-state index in [9.17, 15) is 4.79 Å². The van der Waals surface area contributed by atoms with E-state index in [0.29, 0.717) is 18.7 Å². The van der Waals surface area contributed by atoms with E-state index in [0.717, 1.165) is 12.1 Å². The molecule has 0 saturated carbocycles. The van der Waals surface area contributed by atoms with Crippen molar-refractivity contribution in [1.82, 2.24) is 9.97 Å². The van der Waals surface area contributed by atoms with Gasteiger partial charge < -0.3 is 4.74 Å². The number of fused-ring (bicyclic) bond motifs is 3. The van der Waals surface area contributed by atoms with Gasteiger partial charge in [-0.3, -0.25) is 10.3 Å². The van der Waals surface area contributed by atoms with E-state index in [4.69, 9.17) is 4.74 Å². The quantitative estimate of drug-likeness (QED) is 0.872. The fourth-order valence-electron chi connectivity index (χ4n) is 3.26. The molecule has 106 valence electrons. The van der Waals surface area contributed by atoms with E-state index in [2.05, 4.69) is 40.4 Å². The third-order valence-corrected chi connectivity index (χ3v) is 4.27. The molecule has 2 heterocycles. The molecule has 0 fully saturated rings. The molecule has 1 amide bonds. The first kappa shape index (κ1) is 12.3. The molecule has 1 aromatic heterocycles. The number of hydrogen-bond donors (Lipinski definition) is 1. The number of rotatable bonds is 1. The molecule has 1 aliphatic carbocycles. The Hall–Kier alpha value is -2.43. The van der Waals surface area contributed by atoms with Gasteiger partial charge in [0.05, 0.1) is 0 Å². The lowest BCUT2D eigenvalue weighted by Gasteiger charge is -2.33. The molecule has 21 heavy (non-hydrogen) atoms. The molecule has 1 aliphatic heterocycles. The summed E-state index contributed by atoms with van der Waals surface area (Å²) in [5, 5.41) is 2.63. The molecule has 1 aromatic carbocycles. The number of aromatic nitrogens is 2. The normalized spacial score (nSPS) is 22.4. The van der Waals surface area contributed by atoms with E-state index in [1.165, 1.54) is 16.7 Å². The molecule has 1 N–H and O–H groups in total. The predicted molar refractivity (Wildman–Crippen MR) is 77.0 cm³/mol. The van der Waals surface area contributed by atoms with E-state index in [1.807, 2.05) is 0 Å². The number of hydrogen-bond acceptors (Lipinski definition) is 4. The average Bonchev–Trinajstić information content (AvgIpc) is 2.84. The second-order valence-corrected chi connectivity index (χ2v) is 5.57. The minimum atomic E-state index is -0.708. The SMILES string of the molecule is CCc1ccc2c(c1)CC1(C2)OC(=O)Nc2nccnc21. The molecule has 4 rings (SSSR count). The minimum absolute atomic E-state index is 0.452. The van der Waals surface area contributed by atoms with E-state index >= 15 is 0 Å². The van der Waals surface area contributed by atoms with Crippen molar-refractivity contribution in [3.05, 3.63) is 53.0 Å². The van der Waals surface area contributed by atoms with Crippen LogP contribution >= 0.6 is 0 Å². The lowest BCUT2D eigenvalue weighted by molar-refractivity contribution is 0.0157. The third kappa shape index (κ3) is 1.81. The van der Waals surface area contributed by atoms with Crippen molar-refractivity contribution >= 4 is 11.9 Å². The highest BCUT2D eigenvalue weighted by molar-refractivity contribution is 5.87. The molecule has 1 atom stereocenters. The first-order chi connectivity index (χ1) is 10.2. The van der Waals surface area contributed by atoms with Crippen LogP contribution in [0.15, 0.2) is 30.6 Å². The van der Waals surface area contributed by atoms with Gasteiger partial charge in [-0.1, -0.05) is 25.1 Å². The number of amides is 1. The summed E-state index contributed by atoms with van der Waals surface area (Å²) < 4.78 is 5.66. The van der Waals surface area contributed by atoms with Crippen molar-refractivity contribution in [2.45, 2.75) is 31.8 Å². The highest BCUT2D eigenvalue weighted by atomic mass is 16.6. The summed E-state index contributed by atoms with van der Waals surface area (Å²) in [5.74, 6) is 0.511.